The number of halogens is 1. The Morgan fingerprint density at radius 3 is 2.39 bits per heavy atom. The first-order valence-corrected chi connectivity index (χ1v) is 8.50. The van der Waals surface area contributed by atoms with Gasteiger partial charge in [0, 0.05) is 37.7 Å². The van der Waals surface area contributed by atoms with E-state index in [1.165, 1.54) is 0 Å². The summed E-state index contributed by atoms with van der Waals surface area (Å²) in [5, 5.41) is 0.706. The van der Waals surface area contributed by atoms with Gasteiger partial charge in [0.15, 0.2) is 0 Å². The number of nitrogens with two attached hydrogens (primary N) is 1. The maximum absolute atomic E-state index is 12.2. The lowest BCUT2D eigenvalue weighted by atomic mass is 10.0. The maximum atomic E-state index is 12.2. The van der Waals surface area contributed by atoms with Crippen molar-refractivity contribution in [1.82, 2.24) is 9.80 Å². The van der Waals surface area contributed by atoms with Crippen LogP contribution in [0.15, 0.2) is 24.3 Å². The van der Waals surface area contributed by atoms with Gasteiger partial charge in [-0.1, -0.05) is 25.4 Å². The molecular formula is C17H26ClN3O2. The van der Waals surface area contributed by atoms with E-state index in [0.717, 1.165) is 38.5 Å². The summed E-state index contributed by atoms with van der Waals surface area (Å²) in [6, 6.07) is 6.98. The summed E-state index contributed by atoms with van der Waals surface area (Å²) in [7, 11) is 0. The van der Waals surface area contributed by atoms with E-state index in [0.29, 0.717) is 11.6 Å². The molecule has 23 heavy (non-hydrogen) atoms. The molecule has 1 fully saturated rings. The summed E-state index contributed by atoms with van der Waals surface area (Å²) in [5.74, 6) is 1.07. The number of carbonyl (C=O) groups is 1. The van der Waals surface area contributed by atoms with Gasteiger partial charge < -0.3 is 15.4 Å². The minimum absolute atomic E-state index is 0.0667. The zero-order chi connectivity index (χ0) is 16.8. The zero-order valence-electron chi connectivity index (χ0n) is 13.9. The minimum atomic E-state index is -0.394. The Bertz CT molecular complexity index is 499. The highest BCUT2D eigenvalue weighted by Gasteiger charge is 2.26. The topological polar surface area (TPSA) is 58.8 Å². The number of amides is 1. The summed E-state index contributed by atoms with van der Waals surface area (Å²) < 4.78 is 5.71. The lowest BCUT2D eigenvalue weighted by molar-refractivity contribution is -0.135. The molecule has 1 aromatic rings. The molecule has 1 aromatic carbocycles. The number of rotatable bonds is 6. The SMILES string of the molecule is CC(C)[C@H](N)C(=O)N1CCN(CCOc2ccc(Cl)cc2)CC1. The van der Waals surface area contributed by atoms with Gasteiger partial charge in [0.2, 0.25) is 5.91 Å². The average molecular weight is 340 g/mol. The van der Waals surface area contributed by atoms with E-state index in [1.54, 1.807) is 0 Å². The molecule has 0 aliphatic carbocycles. The molecule has 1 aliphatic rings. The highest BCUT2D eigenvalue weighted by atomic mass is 35.5. The Labute approximate surface area is 143 Å². The van der Waals surface area contributed by atoms with Crippen molar-refractivity contribution in [2.45, 2.75) is 19.9 Å². The van der Waals surface area contributed by atoms with Crippen molar-refractivity contribution in [3.8, 4) is 5.75 Å². The first-order valence-electron chi connectivity index (χ1n) is 8.12. The van der Waals surface area contributed by atoms with Gasteiger partial charge in [0.1, 0.15) is 12.4 Å². The van der Waals surface area contributed by atoms with Crippen LogP contribution in [0.3, 0.4) is 0 Å². The van der Waals surface area contributed by atoms with E-state index in [2.05, 4.69) is 4.90 Å². The van der Waals surface area contributed by atoms with E-state index in [-0.39, 0.29) is 11.8 Å². The molecule has 1 saturated heterocycles. The fourth-order valence-corrected chi connectivity index (χ4v) is 2.64. The van der Waals surface area contributed by atoms with Crippen molar-refractivity contribution in [3.63, 3.8) is 0 Å². The number of carbonyl (C=O) groups excluding carboxylic acids is 1. The van der Waals surface area contributed by atoms with Gasteiger partial charge in [-0.3, -0.25) is 9.69 Å². The largest absolute Gasteiger partial charge is 0.492 e. The van der Waals surface area contributed by atoms with Crippen LogP contribution in [-0.4, -0.2) is 61.1 Å². The van der Waals surface area contributed by atoms with Crippen LogP contribution in [0.25, 0.3) is 0 Å². The van der Waals surface area contributed by atoms with Crippen LogP contribution in [0.4, 0.5) is 0 Å². The van der Waals surface area contributed by atoms with Crippen molar-refractivity contribution in [3.05, 3.63) is 29.3 Å². The van der Waals surface area contributed by atoms with Gasteiger partial charge in [-0.15, -0.1) is 0 Å². The number of nitrogens with zero attached hydrogens (tertiary/aromatic N) is 2. The first kappa shape index (κ1) is 18.0. The van der Waals surface area contributed by atoms with Gasteiger partial charge >= 0.3 is 0 Å². The highest BCUT2D eigenvalue weighted by Crippen LogP contribution is 2.15. The molecule has 0 saturated carbocycles. The predicted octanol–water partition coefficient (Wildman–Crippen LogP) is 1.85. The van der Waals surface area contributed by atoms with Crippen molar-refractivity contribution in [1.29, 1.82) is 0 Å². The van der Waals surface area contributed by atoms with Gasteiger partial charge in [0.05, 0.1) is 6.04 Å². The molecule has 6 heteroatoms. The fraction of sp³-hybridized carbons (Fsp3) is 0.588. The normalized spacial score (nSPS) is 17.3. The maximum Gasteiger partial charge on any atom is 0.239 e. The van der Waals surface area contributed by atoms with Crippen molar-refractivity contribution in [2.75, 3.05) is 39.3 Å². The molecule has 1 amide bonds. The number of piperazine rings is 1. The standard InChI is InChI=1S/C17H26ClN3O2/c1-13(2)16(19)17(22)21-9-7-20(8-10-21)11-12-23-15-5-3-14(18)4-6-15/h3-6,13,16H,7-12,19H2,1-2H3/t16-/m0/s1. The van der Waals surface area contributed by atoms with Gasteiger partial charge in [-0.05, 0) is 30.2 Å². The second-order valence-corrected chi connectivity index (χ2v) is 6.68. The molecule has 1 atom stereocenters. The van der Waals surface area contributed by atoms with Crippen LogP contribution in [-0.2, 0) is 4.79 Å². The Morgan fingerprint density at radius 1 is 1.22 bits per heavy atom. The number of hydrogen-bond acceptors (Lipinski definition) is 4. The summed E-state index contributed by atoms with van der Waals surface area (Å²) in [6.45, 7) is 8.63. The Morgan fingerprint density at radius 2 is 1.83 bits per heavy atom. The van der Waals surface area contributed by atoms with E-state index in [9.17, 15) is 4.79 Å². The van der Waals surface area contributed by atoms with Crippen LogP contribution in [0.1, 0.15) is 13.8 Å². The summed E-state index contributed by atoms with van der Waals surface area (Å²) in [6.07, 6.45) is 0. The lowest BCUT2D eigenvalue weighted by Gasteiger charge is -2.36. The molecule has 0 spiro atoms. The molecule has 1 heterocycles. The zero-order valence-corrected chi connectivity index (χ0v) is 14.6. The van der Waals surface area contributed by atoms with Gasteiger partial charge in [0.25, 0.3) is 0 Å². The van der Waals surface area contributed by atoms with E-state index in [1.807, 2.05) is 43.0 Å². The second kappa shape index (κ2) is 8.52. The molecule has 5 nitrogen and oxygen atoms in total. The number of benzene rings is 1. The molecule has 2 rings (SSSR count). The fourth-order valence-electron chi connectivity index (χ4n) is 2.51. The van der Waals surface area contributed by atoms with E-state index < -0.39 is 6.04 Å². The van der Waals surface area contributed by atoms with Crippen LogP contribution in [0, 0.1) is 5.92 Å². The Hall–Kier alpha value is -1.30. The smallest absolute Gasteiger partial charge is 0.239 e. The average Bonchev–Trinajstić information content (AvgIpc) is 2.56. The number of hydrogen-bond donors (Lipinski definition) is 1. The molecular weight excluding hydrogens is 314 g/mol. The summed E-state index contributed by atoms with van der Waals surface area (Å²) >= 11 is 5.84. The van der Waals surface area contributed by atoms with Gasteiger partial charge in [-0.2, -0.15) is 0 Å². The molecule has 2 N–H and O–H groups in total. The molecule has 0 aromatic heterocycles. The molecule has 0 bridgehead atoms. The van der Waals surface area contributed by atoms with Crippen LogP contribution in [0.5, 0.6) is 5.75 Å². The highest BCUT2D eigenvalue weighted by molar-refractivity contribution is 6.30. The van der Waals surface area contributed by atoms with Crippen molar-refractivity contribution >= 4 is 17.5 Å². The quantitative estimate of drug-likeness (QED) is 0.859. The number of ether oxygens (including phenoxy) is 1. The van der Waals surface area contributed by atoms with Crippen molar-refractivity contribution < 1.29 is 9.53 Å². The van der Waals surface area contributed by atoms with Crippen LogP contribution >= 0.6 is 11.6 Å². The second-order valence-electron chi connectivity index (χ2n) is 6.24. The predicted molar refractivity (Wildman–Crippen MR) is 92.8 cm³/mol. The van der Waals surface area contributed by atoms with E-state index >= 15 is 0 Å². The lowest BCUT2D eigenvalue weighted by Crippen LogP contribution is -2.54. The monoisotopic (exact) mass is 339 g/mol. The molecule has 0 radical (unpaired) electrons. The third-order valence-corrected chi connectivity index (χ3v) is 4.43. The van der Waals surface area contributed by atoms with Crippen LogP contribution < -0.4 is 10.5 Å². The Balaban J connectivity index is 1.68. The molecule has 1 aliphatic heterocycles. The third kappa shape index (κ3) is 5.37. The van der Waals surface area contributed by atoms with Crippen molar-refractivity contribution in [2.24, 2.45) is 11.7 Å². The molecule has 128 valence electrons. The molecule has 0 unspecified atom stereocenters. The minimum Gasteiger partial charge on any atom is -0.492 e. The third-order valence-electron chi connectivity index (χ3n) is 4.18. The Kier molecular flexibility index (Phi) is 6.69. The first-order chi connectivity index (χ1) is 11.0. The van der Waals surface area contributed by atoms with Crippen LogP contribution in [0.2, 0.25) is 5.02 Å². The summed E-state index contributed by atoms with van der Waals surface area (Å²) in [4.78, 5) is 16.4. The van der Waals surface area contributed by atoms with E-state index in [4.69, 9.17) is 22.1 Å². The van der Waals surface area contributed by atoms with Gasteiger partial charge in [-0.25, -0.2) is 0 Å². The summed E-state index contributed by atoms with van der Waals surface area (Å²) in [5.41, 5.74) is 5.95.